The van der Waals surface area contributed by atoms with Crippen molar-refractivity contribution in [1.29, 1.82) is 0 Å². The number of hydrogen-bond donors (Lipinski definition) is 2. The van der Waals surface area contributed by atoms with Gasteiger partial charge in [0, 0.05) is 18.3 Å². The van der Waals surface area contributed by atoms with Crippen molar-refractivity contribution in [3.05, 3.63) is 95.8 Å². The molecule has 6 nitrogen and oxygen atoms in total. The van der Waals surface area contributed by atoms with E-state index in [9.17, 15) is 14.7 Å². The summed E-state index contributed by atoms with van der Waals surface area (Å²) in [6.45, 7) is 2.02. The summed E-state index contributed by atoms with van der Waals surface area (Å²) < 4.78 is 1.74. The van der Waals surface area contributed by atoms with Gasteiger partial charge >= 0.3 is 5.97 Å². The lowest BCUT2D eigenvalue weighted by molar-refractivity contribution is -0.141. The molecule has 1 heterocycles. The van der Waals surface area contributed by atoms with Crippen molar-refractivity contribution in [1.82, 2.24) is 15.1 Å². The highest BCUT2D eigenvalue weighted by molar-refractivity contribution is 5.94. The van der Waals surface area contributed by atoms with Crippen LogP contribution in [0.5, 0.6) is 0 Å². The first-order valence-corrected chi connectivity index (χ1v) is 10.1. The van der Waals surface area contributed by atoms with Crippen molar-refractivity contribution >= 4 is 22.6 Å². The number of carboxylic acid groups (broad SMARTS) is 1. The van der Waals surface area contributed by atoms with Crippen molar-refractivity contribution in [3.63, 3.8) is 0 Å². The molecule has 0 aliphatic heterocycles. The monoisotopic (exact) mass is 413 g/mol. The second-order valence-electron chi connectivity index (χ2n) is 7.64. The van der Waals surface area contributed by atoms with Crippen molar-refractivity contribution < 1.29 is 14.7 Å². The van der Waals surface area contributed by atoms with Gasteiger partial charge in [0.25, 0.3) is 5.91 Å². The number of fused-ring (bicyclic) bond motifs is 1. The van der Waals surface area contributed by atoms with E-state index in [-0.39, 0.29) is 12.5 Å². The van der Waals surface area contributed by atoms with Crippen LogP contribution in [0.3, 0.4) is 0 Å². The maximum atomic E-state index is 12.5. The number of aliphatic carboxylic acids is 1. The van der Waals surface area contributed by atoms with Crippen molar-refractivity contribution in [2.45, 2.75) is 13.3 Å². The lowest BCUT2D eigenvalue weighted by Crippen LogP contribution is -2.34. The summed E-state index contributed by atoms with van der Waals surface area (Å²) in [6.07, 6.45) is 4.01. The summed E-state index contributed by atoms with van der Waals surface area (Å²) in [6, 6.07) is 20.9. The molecule has 0 saturated heterocycles. The first kappa shape index (κ1) is 20.3. The Morgan fingerprint density at radius 1 is 1.03 bits per heavy atom. The van der Waals surface area contributed by atoms with Crippen LogP contribution in [-0.4, -0.2) is 33.3 Å². The molecule has 2 N–H and O–H groups in total. The molecule has 0 aliphatic rings. The zero-order chi connectivity index (χ0) is 21.8. The van der Waals surface area contributed by atoms with Gasteiger partial charge in [-0.05, 0) is 59.5 Å². The molecule has 1 atom stereocenters. The number of carbonyl (C=O) groups excluding carboxylic acids is 1. The SMILES string of the molecule is Cc1cnn(-c2ccc(C(=O)NCC(Cc3ccc4ccccc4c3)C(=O)O)cc2)c1. The van der Waals surface area contributed by atoms with Crippen LogP contribution in [0.1, 0.15) is 21.5 Å². The zero-order valence-corrected chi connectivity index (χ0v) is 17.2. The van der Waals surface area contributed by atoms with E-state index in [0.717, 1.165) is 27.6 Å². The smallest absolute Gasteiger partial charge is 0.308 e. The zero-order valence-electron chi connectivity index (χ0n) is 17.2. The Morgan fingerprint density at radius 3 is 2.45 bits per heavy atom. The molecule has 1 aromatic heterocycles. The van der Waals surface area contributed by atoms with Gasteiger partial charge in [0.1, 0.15) is 0 Å². The van der Waals surface area contributed by atoms with E-state index in [1.807, 2.05) is 67.7 Å². The third-order valence-electron chi connectivity index (χ3n) is 5.26. The first-order valence-electron chi connectivity index (χ1n) is 10.1. The van der Waals surface area contributed by atoms with Gasteiger partial charge in [-0.25, -0.2) is 4.68 Å². The van der Waals surface area contributed by atoms with Crippen LogP contribution in [0.15, 0.2) is 79.1 Å². The fourth-order valence-corrected chi connectivity index (χ4v) is 3.53. The minimum Gasteiger partial charge on any atom is -0.481 e. The van der Waals surface area contributed by atoms with E-state index in [4.69, 9.17) is 0 Å². The molecular formula is C25H23N3O3. The fraction of sp³-hybridized carbons (Fsp3) is 0.160. The van der Waals surface area contributed by atoms with Gasteiger partial charge in [0.2, 0.25) is 0 Å². The minimum absolute atomic E-state index is 0.0566. The number of aromatic nitrogens is 2. The number of rotatable bonds is 7. The highest BCUT2D eigenvalue weighted by atomic mass is 16.4. The predicted octanol–water partition coefficient (Wildman–Crippen LogP) is 4.01. The summed E-state index contributed by atoms with van der Waals surface area (Å²) in [5.74, 6) is -1.94. The van der Waals surface area contributed by atoms with Crippen LogP contribution < -0.4 is 5.32 Å². The van der Waals surface area contributed by atoms with E-state index in [0.29, 0.717) is 12.0 Å². The summed E-state index contributed by atoms with van der Waals surface area (Å²) in [4.78, 5) is 24.3. The minimum atomic E-state index is -0.933. The van der Waals surface area contributed by atoms with Crippen LogP contribution in [0.25, 0.3) is 16.5 Å². The van der Waals surface area contributed by atoms with E-state index in [1.54, 1.807) is 23.0 Å². The van der Waals surface area contributed by atoms with Crippen LogP contribution in [0.4, 0.5) is 0 Å². The number of nitrogens with zero attached hydrogens (tertiary/aromatic N) is 2. The Balaban J connectivity index is 1.40. The molecule has 0 fully saturated rings. The second kappa shape index (κ2) is 8.83. The summed E-state index contributed by atoms with van der Waals surface area (Å²) in [7, 11) is 0. The van der Waals surface area contributed by atoms with Crippen LogP contribution in [0, 0.1) is 12.8 Å². The largest absolute Gasteiger partial charge is 0.481 e. The third-order valence-corrected chi connectivity index (χ3v) is 5.26. The van der Waals surface area contributed by atoms with Crippen LogP contribution in [0.2, 0.25) is 0 Å². The molecule has 1 amide bonds. The molecule has 31 heavy (non-hydrogen) atoms. The number of carbonyl (C=O) groups is 2. The topological polar surface area (TPSA) is 84.2 Å². The van der Waals surface area contributed by atoms with Gasteiger partial charge in [-0.2, -0.15) is 5.10 Å². The van der Waals surface area contributed by atoms with Crippen molar-refractivity contribution in [2.24, 2.45) is 5.92 Å². The van der Waals surface area contributed by atoms with Crippen LogP contribution in [-0.2, 0) is 11.2 Å². The first-order chi connectivity index (χ1) is 15.0. The van der Waals surface area contributed by atoms with Gasteiger partial charge in [-0.15, -0.1) is 0 Å². The average molecular weight is 413 g/mol. The predicted molar refractivity (Wildman–Crippen MR) is 119 cm³/mol. The number of nitrogens with one attached hydrogen (secondary N) is 1. The highest BCUT2D eigenvalue weighted by Gasteiger charge is 2.19. The van der Waals surface area contributed by atoms with E-state index in [1.165, 1.54) is 0 Å². The molecule has 156 valence electrons. The van der Waals surface area contributed by atoms with Crippen molar-refractivity contribution in [2.75, 3.05) is 6.54 Å². The standard InChI is InChI=1S/C25H23N3O3/c1-17-14-27-28(16-17)23-10-8-20(9-11-23)24(29)26-15-22(25(30)31)13-18-6-7-19-4-2-3-5-21(19)12-18/h2-12,14,16,22H,13,15H2,1H3,(H,26,29)(H,30,31). The number of carboxylic acids is 1. The fourth-order valence-electron chi connectivity index (χ4n) is 3.53. The number of hydrogen-bond acceptors (Lipinski definition) is 3. The van der Waals surface area contributed by atoms with Crippen LogP contribution >= 0.6 is 0 Å². The summed E-state index contributed by atoms with van der Waals surface area (Å²) in [5, 5.41) is 18.8. The molecule has 0 saturated carbocycles. The number of aryl methyl sites for hydroxylation is 1. The molecule has 4 aromatic rings. The Bertz CT molecular complexity index is 1230. The Morgan fingerprint density at radius 2 is 1.77 bits per heavy atom. The molecule has 3 aromatic carbocycles. The normalized spacial score (nSPS) is 11.9. The molecule has 4 rings (SSSR count). The number of amides is 1. The van der Waals surface area contributed by atoms with E-state index >= 15 is 0 Å². The van der Waals surface area contributed by atoms with Gasteiger partial charge in [0.15, 0.2) is 0 Å². The molecule has 6 heteroatoms. The third kappa shape index (κ3) is 4.80. The molecule has 0 spiro atoms. The Labute approximate surface area is 180 Å². The molecular weight excluding hydrogens is 390 g/mol. The average Bonchev–Trinajstić information content (AvgIpc) is 3.22. The molecule has 0 bridgehead atoms. The van der Waals surface area contributed by atoms with E-state index < -0.39 is 11.9 Å². The Kier molecular flexibility index (Phi) is 5.80. The lowest BCUT2D eigenvalue weighted by atomic mass is 9.97. The lowest BCUT2D eigenvalue weighted by Gasteiger charge is -2.14. The number of benzene rings is 3. The van der Waals surface area contributed by atoms with Gasteiger partial charge in [-0.3, -0.25) is 9.59 Å². The maximum absolute atomic E-state index is 12.5. The van der Waals surface area contributed by atoms with Crippen molar-refractivity contribution in [3.8, 4) is 5.69 Å². The van der Waals surface area contributed by atoms with Gasteiger partial charge in [-0.1, -0.05) is 42.5 Å². The molecule has 1 unspecified atom stereocenters. The van der Waals surface area contributed by atoms with Gasteiger partial charge in [0.05, 0.1) is 17.8 Å². The highest BCUT2D eigenvalue weighted by Crippen LogP contribution is 2.18. The Hall–Kier alpha value is -3.93. The summed E-state index contributed by atoms with van der Waals surface area (Å²) in [5.41, 5.74) is 3.30. The maximum Gasteiger partial charge on any atom is 0.308 e. The molecule has 0 aliphatic carbocycles. The quantitative estimate of drug-likeness (QED) is 0.480. The second-order valence-corrected chi connectivity index (χ2v) is 7.64. The van der Waals surface area contributed by atoms with E-state index in [2.05, 4.69) is 10.4 Å². The summed E-state index contributed by atoms with van der Waals surface area (Å²) >= 11 is 0. The molecule has 0 radical (unpaired) electrons. The van der Waals surface area contributed by atoms with Gasteiger partial charge < -0.3 is 10.4 Å².